The van der Waals surface area contributed by atoms with Crippen LogP contribution in [0.3, 0.4) is 0 Å². The average molecular weight is 512 g/mol. The van der Waals surface area contributed by atoms with Crippen molar-refractivity contribution in [2.24, 2.45) is 5.92 Å². The Hall–Kier alpha value is -3.23. The highest BCUT2D eigenvalue weighted by atomic mass is 16.6. The van der Waals surface area contributed by atoms with Crippen LogP contribution in [0.25, 0.3) is 0 Å². The first-order valence-corrected chi connectivity index (χ1v) is 12.6. The Labute approximate surface area is 218 Å². The minimum atomic E-state index is -1.44. The summed E-state index contributed by atoms with van der Waals surface area (Å²) in [4.78, 5) is 40.9. The number of likely N-dealkylation sites (tertiary alicyclic amines) is 1. The molecule has 0 aromatic heterocycles. The van der Waals surface area contributed by atoms with Gasteiger partial charge in [-0.25, -0.2) is 4.79 Å². The summed E-state index contributed by atoms with van der Waals surface area (Å²) in [6.07, 6.45) is -0.0596. The lowest BCUT2D eigenvalue weighted by atomic mass is 9.86. The van der Waals surface area contributed by atoms with Gasteiger partial charge in [0, 0.05) is 13.0 Å². The lowest BCUT2D eigenvalue weighted by Gasteiger charge is -2.37. The van der Waals surface area contributed by atoms with Crippen LogP contribution in [0.5, 0.6) is 0 Å². The van der Waals surface area contributed by atoms with Gasteiger partial charge >= 0.3 is 12.1 Å². The number of aliphatic hydroxyl groups is 1. The van der Waals surface area contributed by atoms with Crippen LogP contribution in [0.15, 0.2) is 60.7 Å². The van der Waals surface area contributed by atoms with Crippen molar-refractivity contribution < 1.29 is 33.7 Å². The minimum absolute atomic E-state index is 0.0395. The summed E-state index contributed by atoms with van der Waals surface area (Å²) in [5, 5.41) is 10.3. The molecule has 3 rings (SSSR count). The molecular weight excluding hydrogens is 474 g/mol. The standard InChI is InChI=1S/C29H37NO7/c1-28(2,3)37-27(34)30-16-10-15-29(30,21-31)25(32)17-24(20-35-18-22-11-6-4-7-12-22)26(33)36-19-23-13-8-5-9-14-23/h4-9,11-14,24,31H,10,15-21H2,1-3H3/t24-,29?/m0/s1. The van der Waals surface area contributed by atoms with Gasteiger partial charge in [-0.3, -0.25) is 14.5 Å². The van der Waals surface area contributed by atoms with Crippen LogP contribution in [0.2, 0.25) is 0 Å². The van der Waals surface area contributed by atoms with Crippen LogP contribution in [0.1, 0.15) is 51.2 Å². The monoisotopic (exact) mass is 511 g/mol. The number of ketones is 1. The fourth-order valence-corrected chi connectivity index (χ4v) is 4.37. The van der Waals surface area contributed by atoms with E-state index in [2.05, 4.69) is 0 Å². The van der Waals surface area contributed by atoms with Crippen molar-refractivity contribution in [3.8, 4) is 0 Å². The van der Waals surface area contributed by atoms with Crippen molar-refractivity contribution in [1.82, 2.24) is 4.90 Å². The smallest absolute Gasteiger partial charge is 0.411 e. The molecule has 0 spiro atoms. The highest BCUT2D eigenvalue weighted by Gasteiger charge is 2.51. The molecule has 1 saturated heterocycles. The first-order chi connectivity index (χ1) is 17.6. The summed E-state index contributed by atoms with van der Waals surface area (Å²) in [5.41, 5.74) is -0.438. The van der Waals surface area contributed by atoms with Crippen LogP contribution in [0.4, 0.5) is 4.79 Å². The number of carbonyl (C=O) groups excluding carboxylic acids is 3. The predicted molar refractivity (Wildman–Crippen MR) is 137 cm³/mol. The molecule has 1 aliphatic rings. The molecule has 1 N–H and O–H groups in total. The first kappa shape index (κ1) is 28.3. The number of carbonyl (C=O) groups is 3. The van der Waals surface area contributed by atoms with Crippen LogP contribution < -0.4 is 0 Å². The maximum atomic E-state index is 13.6. The third-order valence-electron chi connectivity index (χ3n) is 6.30. The van der Waals surface area contributed by atoms with Gasteiger partial charge in [0.15, 0.2) is 5.78 Å². The van der Waals surface area contributed by atoms with E-state index in [1.807, 2.05) is 60.7 Å². The second-order valence-corrected chi connectivity index (χ2v) is 10.3. The van der Waals surface area contributed by atoms with E-state index in [-0.39, 0.29) is 39.2 Å². The van der Waals surface area contributed by atoms with E-state index in [9.17, 15) is 19.5 Å². The summed E-state index contributed by atoms with van der Waals surface area (Å²) in [5.74, 6) is -1.88. The zero-order valence-electron chi connectivity index (χ0n) is 21.9. The molecule has 0 bridgehead atoms. The molecule has 200 valence electrons. The fraction of sp³-hybridized carbons (Fsp3) is 0.483. The highest BCUT2D eigenvalue weighted by Crippen LogP contribution is 2.34. The van der Waals surface area contributed by atoms with Crippen molar-refractivity contribution in [3.63, 3.8) is 0 Å². The Balaban J connectivity index is 1.73. The normalized spacial score (nSPS) is 18.3. The van der Waals surface area contributed by atoms with Gasteiger partial charge in [-0.1, -0.05) is 60.7 Å². The third-order valence-corrected chi connectivity index (χ3v) is 6.30. The number of nitrogens with zero attached hydrogens (tertiary/aromatic N) is 1. The van der Waals surface area contributed by atoms with E-state index >= 15 is 0 Å². The van der Waals surface area contributed by atoms with Crippen LogP contribution in [-0.2, 0) is 37.0 Å². The predicted octanol–water partition coefficient (Wildman–Crippen LogP) is 4.28. The number of Topliss-reactive ketones (excluding diaryl/α,β-unsaturated/α-hetero) is 1. The number of esters is 1. The van der Waals surface area contributed by atoms with Gasteiger partial charge in [-0.2, -0.15) is 0 Å². The molecular formula is C29H37NO7. The van der Waals surface area contributed by atoms with Gasteiger partial charge in [0.2, 0.25) is 0 Å². The maximum absolute atomic E-state index is 13.6. The minimum Gasteiger partial charge on any atom is -0.461 e. The largest absolute Gasteiger partial charge is 0.461 e. The number of hydrogen-bond donors (Lipinski definition) is 1. The molecule has 2 aromatic carbocycles. The van der Waals surface area contributed by atoms with E-state index in [1.165, 1.54) is 4.90 Å². The van der Waals surface area contributed by atoms with Gasteiger partial charge in [-0.15, -0.1) is 0 Å². The molecule has 0 aliphatic carbocycles. The number of hydrogen-bond acceptors (Lipinski definition) is 7. The van der Waals surface area contributed by atoms with E-state index in [0.717, 1.165) is 11.1 Å². The molecule has 1 amide bonds. The van der Waals surface area contributed by atoms with Crippen molar-refractivity contribution in [3.05, 3.63) is 71.8 Å². The Bertz CT molecular complexity index is 1040. The summed E-state index contributed by atoms with van der Waals surface area (Å²) < 4.78 is 16.8. The number of benzene rings is 2. The Morgan fingerprint density at radius 2 is 1.57 bits per heavy atom. The van der Waals surface area contributed by atoms with Crippen molar-refractivity contribution in [1.29, 1.82) is 0 Å². The molecule has 1 heterocycles. The molecule has 8 heteroatoms. The second-order valence-electron chi connectivity index (χ2n) is 10.3. The Morgan fingerprint density at radius 1 is 0.973 bits per heavy atom. The van der Waals surface area contributed by atoms with Crippen LogP contribution in [0, 0.1) is 5.92 Å². The molecule has 1 aliphatic heterocycles. The van der Waals surface area contributed by atoms with E-state index in [4.69, 9.17) is 14.2 Å². The van der Waals surface area contributed by atoms with Crippen molar-refractivity contribution in [2.45, 2.75) is 64.4 Å². The Kier molecular flexibility index (Phi) is 9.83. The quantitative estimate of drug-likeness (QED) is 0.449. The first-order valence-electron chi connectivity index (χ1n) is 12.6. The van der Waals surface area contributed by atoms with E-state index in [1.54, 1.807) is 20.8 Å². The number of rotatable bonds is 11. The summed E-state index contributed by atoms with van der Waals surface area (Å²) in [6, 6.07) is 18.8. The zero-order valence-corrected chi connectivity index (χ0v) is 21.9. The average Bonchev–Trinajstić information content (AvgIpc) is 3.33. The SMILES string of the molecule is CC(C)(C)OC(=O)N1CCCC1(CO)C(=O)C[C@@H](COCc1ccccc1)C(=O)OCc1ccccc1. The van der Waals surface area contributed by atoms with Gasteiger partial charge in [-0.05, 0) is 44.7 Å². The number of amides is 1. The molecule has 2 aromatic rings. The van der Waals surface area contributed by atoms with Gasteiger partial charge < -0.3 is 19.3 Å². The van der Waals surface area contributed by atoms with E-state index < -0.39 is 41.5 Å². The lowest BCUT2D eigenvalue weighted by Crippen LogP contribution is -2.57. The topological polar surface area (TPSA) is 102 Å². The Morgan fingerprint density at radius 3 is 2.14 bits per heavy atom. The molecule has 2 atom stereocenters. The molecule has 8 nitrogen and oxygen atoms in total. The molecule has 1 unspecified atom stereocenters. The fourth-order valence-electron chi connectivity index (χ4n) is 4.37. The maximum Gasteiger partial charge on any atom is 0.411 e. The lowest BCUT2D eigenvalue weighted by molar-refractivity contribution is -0.155. The van der Waals surface area contributed by atoms with E-state index in [0.29, 0.717) is 6.42 Å². The zero-order chi connectivity index (χ0) is 26.9. The highest BCUT2D eigenvalue weighted by molar-refractivity contribution is 5.94. The van der Waals surface area contributed by atoms with Gasteiger partial charge in [0.1, 0.15) is 17.7 Å². The summed E-state index contributed by atoms with van der Waals surface area (Å²) >= 11 is 0. The van der Waals surface area contributed by atoms with Crippen molar-refractivity contribution in [2.75, 3.05) is 19.8 Å². The summed E-state index contributed by atoms with van der Waals surface area (Å²) in [7, 11) is 0. The molecule has 0 radical (unpaired) electrons. The third kappa shape index (κ3) is 7.87. The van der Waals surface area contributed by atoms with Crippen molar-refractivity contribution >= 4 is 17.8 Å². The number of aliphatic hydroxyl groups excluding tert-OH is 1. The van der Waals surface area contributed by atoms with Crippen LogP contribution in [-0.4, -0.2) is 58.8 Å². The molecule has 0 saturated carbocycles. The second kappa shape index (κ2) is 12.8. The van der Waals surface area contributed by atoms with Crippen LogP contribution >= 0.6 is 0 Å². The molecule has 1 fully saturated rings. The summed E-state index contributed by atoms with van der Waals surface area (Å²) in [6.45, 7) is 5.26. The molecule has 37 heavy (non-hydrogen) atoms. The van der Waals surface area contributed by atoms with Gasteiger partial charge in [0.05, 0.1) is 25.7 Å². The van der Waals surface area contributed by atoms with Gasteiger partial charge in [0.25, 0.3) is 0 Å². The number of ether oxygens (including phenoxy) is 3.